The van der Waals surface area contributed by atoms with Crippen LogP contribution in [-0.2, 0) is 6.42 Å². The summed E-state index contributed by atoms with van der Waals surface area (Å²) in [5.74, 6) is -1.08. The zero-order chi connectivity index (χ0) is 12.0. The van der Waals surface area contributed by atoms with Gasteiger partial charge in [-0.15, -0.1) is 0 Å². The number of hydrogen-bond donors (Lipinski definition) is 2. The van der Waals surface area contributed by atoms with Gasteiger partial charge >= 0.3 is 5.97 Å². The molecule has 0 aliphatic rings. The van der Waals surface area contributed by atoms with Crippen LogP contribution in [0, 0.1) is 0 Å². The van der Waals surface area contributed by atoms with Gasteiger partial charge in [-0.3, -0.25) is 0 Å². The summed E-state index contributed by atoms with van der Waals surface area (Å²) in [4.78, 5) is 14.0. The molecule has 0 aliphatic heterocycles. The molecule has 0 atom stereocenters. The average molecular weight is 229 g/mol. The highest BCUT2D eigenvalue weighted by molar-refractivity contribution is 6.07. The quantitative estimate of drug-likeness (QED) is 0.709. The lowest BCUT2D eigenvalue weighted by molar-refractivity contribution is 0.0665. The molecule has 0 bridgehead atoms. The molecule has 0 aliphatic carbocycles. The first-order chi connectivity index (χ1) is 8.20. The van der Waals surface area contributed by atoms with Crippen LogP contribution in [-0.4, -0.2) is 16.1 Å². The highest BCUT2D eigenvalue weighted by atomic mass is 16.4. The smallest absolute Gasteiger partial charge is 0.371 e. The standard InChI is InChI=1S/C13H11NO3/c1-2-7-4-3-5-8-11(7)14-9-6-10(13(15)16)17-12(8)9/h3-6,14H,2H2,1H3,(H,15,16). The van der Waals surface area contributed by atoms with Gasteiger partial charge in [-0.25, -0.2) is 4.79 Å². The van der Waals surface area contributed by atoms with Gasteiger partial charge in [0, 0.05) is 11.5 Å². The SMILES string of the molecule is CCc1cccc2c1[nH]c1cc(C(=O)O)oc12. The fraction of sp³-hybridized carbons (Fsp3) is 0.154. The van der Waals surface area contributed by atoms with Crippen LogP contribution in [0.15, 0.2) is 28.7 Å². The number of aryl methyl sites for hydroxylation is 1. The Morgan fingerprint density at radius 2 is 2.29 bits per heavy atom. The molecule has 0 saturated carbocycles. The average Bonchev–Trinajstić information content (AvgIpc) is 2.85. The van der Waals surface area contributed by atoms with Gasteiger partial charge in [-0.1, -0.05) is 19.1 Å². The first-order valence-corrected chi connectivity index (χ1v) is 5.47. The summed E-state index contributed by atoms with van der Waals surface area (Å²) in [5.41, 5.74) is 3.58. The van der Waals surface area contributed by atoms with Gasteiger partial charge in [0.1, 0.15) is 0 Å². The molecule has 0 saturated heterocycles. The number of carboxylic acid groups (broad SMARTS) is 1. The summed E-state index contributed by atoms with van der Waals surface area (Å²) in [5, 5.41) is 9.81. The van der Waals surface area contributed by atoms with Crippen LogP contribution in [0.2, 0.25) is 0 Å². The van der Waals surface area contributed by atoms with E-state index in [1.165, 1.54) is 11.6 Å². The predicted molar refractivity (Wildman–Crippen MR) is 64.4 cm³/mol. The van der Waals surface area contributed by atoms with Crippen LogP contribution < -0.4 is 0 Å². The van der Waals surface area contributed by atoms with Crippen molar-refractivity contribution >= 4 is 28.0 Å². The van der Waals surface area contributed by atoms with Crippen LogP contribution in [0.25, 0.3) is 22.0 Å². The number of furan rings is 1. The zero-order valence-corrected chi connectivity index (χ0v) is 9.28. The van der Waals surface area contributed by atoms with Crippen molar-refractivity contribution in [3.8, 4) is 0 Å². The van der Waals surface area contributed by atoms with Crippen molar-refractivity contribution in [2.75, 3.05) is 0 Å². The topological polar surface area (TPSA) is 66.2 Å². The molecule has 2 heterocycles. The molecule has 0 amide bonds. The van der Waals surface area contributed by atoms with Crippen molar-refractivity contribution in [3.05, 3.63) is 35.6 Å². The Morgan fingerprint density at radius 1 is 1.47 bits per heavy atom. The highest BCUT2D eigenvalue weighted by Crippen LogP contribution is 2.30. The van der Waals surface area contributed by atoms with Crippen molar-refractivity contribution in [3.63, 3.8) is 0 Å². The third-order valence-electron chi connectivity index (χ3n) is 2.98. The molecule has 3 rings (SSSR count). The minimum atomic E-state index is -1.05. The fourth-order valence-corrected chi connectivity index (χ4v) is 2.16. The first-order valence-electron chi connectivity index (χ1n) is 5.47. The summed E-state index contributed by atoms with van der Waals surface area (Å²) in [7, 11) is 0. The third kappa shape index (κ3) is 1.34. The number of carbonyl (C=O) groups is 1. The van der Waals surface area contributed by atoms with Crippen molar-refractivity contribution in [1.29, 1.82) is 0 Å². The lowest BCUT2D eigenvalue weighted by Crippen LogP contribution is -1.91. The number of benzene rings is 1. The van der Waals surface area contributed by atoms with Crippen LogP contribution in [0.4, 0.5) is 0 Å². The number of para-hydroxylation sites is 1. The first kappa shape index (κ1) is 9.96. The molecule has 0 spiro atoms. The number of aromatic amines is 1. The largest absolute Gasteiger partial charge is 0.475 e. The summed E-state index contributed by atoms with van der Waals surface area (Å²) >= 11 is 0. The summed E-state index contributed by atoms with van der Waals surface area (Å²) in [6, 6.07) is 7.47. The van der Waals surface area contributed by atoms with Gasteiger partial charge in [0.25, 0.3) is 0 Å². The van der Waals surface area contributed by atoms with Crippen LogP contribution >= 0.6 is 0 Å². The van der Waals surface area contributed by atoms with Crippen molar-refractivity contribution in [1.82, 2.24) is 4.98 Å². The normalized spacial score (nSPS) is 11.4. The van der Waals surface area contributed by atoms with Crippen LogP contribution in [0.1, 0.15) is 23.0 Å². The summed E-state index contributed by atoms with van der Waals surface area (Å²) in [6.45, 7) is 2.08. The molecule has 0 fully saturated rings. The van der Waals surface area contributed by atoms with Crippen molar-refractivity contribution in [2.45, 2.75) is 13.3 Å². The minimum absolute atomic E-state index is 0.0324. The Balaban J connectivity index is 2.38. The van der Waals surface area contributed by atoms with Crippen molar-refractivity contribution < 1.29 is 14.3 Å². The Morgan fingerprint density at radius 3 is 3.00 bits per heavy atom. The van der Waals surface area contributed by atoms with E-state index in [2.05, 4.69) is 18.0 Å². The number of aromatic nitrogens is 1. The molecular weight excluding hydrogens is 218 g/mol. The third-order valence-corrected chi connectivity index (χ3v) is 2.98. The maximum Gasteiger partial charge on any atom is 0.371 e. The predicted octanol–water partition coefficient (Wildman–Crippen LogP) is 3.17. The van der Waals surface area contributed by atoms with Gasteiger partial charge in [0.05, 0.1) is 11.0 Å². The molecule has 4 nitrogen and oxygen atoms in total. The van der Waals surface area contributed by atoms with E-state index >= 15 is 0 Å². The van der Waals surface area contributed by atoms with E-state index in [-0.39, 0.29) is 5.76 Å². The molecule has 17 heavy (non-hydrogen) atoms. The second-order valence-electron chi connectivity index (χ2n) is 3.98. The monoisotopic (exact) mass is 229 g/mol. The minimum Gasteiger partial charge on any atom is -0.475 e. The van der Waals surface area contributed by atoms with E-state index in [1.807, 2.05) is 12.1 Å². The van der Waals surface area contributed by atoms with E-state index in [1.54, 1.807) is 0 Å². The molecule has 86 valence electrons. The van der Waals surface area contributed by atoms with E-state index in [4.69, 9.17) is 9.52 Å². The van der Waals surface area contributed by atoms with E-state index in [9.17, 15) is 4.79 Å². The number of hydrogen-bond acceptors (Lipinski definition) is 2. The van der Waals surface area contributed by atoms with Gasteiger partial charge in [0.2, 0.25) is 5.76 Å². The Bertz CT molecular complexity index is 721. The van der Waals surface area contributed by atoms with Crippen LogP contribution in [0.5, 0.6) is 0 Å². The fourth-order valence-electron chi connectivity index (χ4n) is 2.16. The molecule has 0 radical (unpaired) electrons. The molecule has 2 N–H and O–H groups in total. The van der Waals surface area contributed by atoms with Gasteiger partial charge in [-0.2, -0.15) is 0 Å². The molecule has 0 unspecified atom stereocenters. The Kier molecular flexibility index (Phi) is 1.98. The maximum atomic E-state index is 10.8. The number of fused-ring (bicyclic) bond motifs is 3. The maximum absolute atomic E-state index is 10.8. The second kappa shape index (κ2) is 3.38. The van der Waals surface area contributed by atoms with E-state index in [0.717, 1.165) is 22.8 Å². The number of nitrogens with one attached hydrogen (secondary N) is 1. The number of aromatic carboxylic acids is 1. The lowest BCUT2D eigenvalue weighted by Gasteiger charge is -1.97. The second-order valence-corrected chi connectivity index (χ2v) is 3.98. The highest BCUT2D eigenvalue weighted by Gasteiger charge is 2.15. The van der Waals surface area contributed by atoms with Gasteiger partial charge < -0.3 is 14.5 Å². The van der Waals surface area contributed by atoms with Gasteiger partial charge in [-0.05, 0) is 18.1 Å². The lowest BCUT2D eigenvalue weighted by atomic mass is 10.1. The van der Waals surface area contributed by atoms with Crippen LogP contribution in [0.3, 0.4) is 0 Å². The molecule has 4 heteroatoms. The number of rotatable bonds is 2. The molecule has 2 aromatic heterocycles. The van der Waals surface area contributed by atoms with E-state index < -0.39 is 5.97 Å². The number of H-pyrrole nitrogens is 1. The number of carboxylic acids is 1. The Hall–Kier alpha value is -2.23. The molecule has 3 aromatic rings. The van der Waals surface area contributed by atoms with E-state index in [0.29, 0.717) is 5.58 Å². The summed E-state index contributed by atoms with van der Waals surface area (Å²) < 4.78 is 5.35. The summed E-state index contributed by atoms with van der Waals surface area (Å²) in [6.07, 6.45) is 0.923. The van der Waals surface area contributed by atoms with Crippen molar-refractivity contribution in [2.24, 2.45) is 0 Å². The van der Waals surface area contributed by atoms with Gasteiger partial charge in [0.15, 0.2) is 5.58 Å². The molecule has 1 aromatic carbocycles. The zero-order valence-electron chi connectivity index (χ0n) is 9.28. The molecular formula is C13H11NO3. The Labute approximate surface area is 96.8 Å².